The minimum absolute atomic E-state index is 0.0951. The minimum Gasteiger partial charge on any atom is -0.469 e. The number of esters is 1. The average Bonchev–Trinajstić information content (AvgIpc) is 2.91. The van der Waals surface area contributed by atoms with Crippen molar-refractivity contribution in [1.82, 2.24) is 0 Å². The third-order valence-corrected chi connectivity index (χ3v) is 14.0. The second-order valence-corrected chi connectivity index (χ2v) is 17.1. The molecule has 0 unspecified atom stereocenters. The van der Waals surface area contributed by atoms with Crippen LogP contribution in [0.3, 0.4) is 0 Å². The van der Waals surface area contributed by atoms with Crippen molar-refractivity contribution in [2.24, 2.45) is 5.92 Å². The average molecular weight is 567 g/mol. The summed E-state index contributed by atoms with van der Waals surface area (Å²) < 4.78 is 44.5. The molecule has 6 nitrogen and oxygen atoms in total. The Balaban J connectivity index is 1.73. The number of carbonyl (C=O) groups excluding carboxylic acids is 1. The first-order chi connectivity index (χ1) is 18.5. The molecule has 1 aliphatic rings. The van der Waals surface area contributed by atoms with Crippen molar-refractivity contribution >= 4 is 34.8 Å². The fraction of sp³-hybridized carbons (Fsp3) is 0.387. The number of hydrogen-bond acceptors (Lipinski definition) is 6. The Morgan fingerprint density at radius 2 is 1.31 bits per heavy atom. The van der Waals surface area contributed by atoms with Crippen molar-refractivity contribution in [2.45, 2.75) is 69.1 Å². The fourth-order valence-corrected chi connectivity index (χ4v) is 11.4. The monoisotopic (exact) mass is 566 g/mol. The molecule has 3 aromatic carbocycles. The highest BCUT2D eigenvalue weighted by atomic mass is 32.2. The van der Waals surface area contributed by atoms with Gasteiger partial charge in [0.15, 0.2) is 0 Å². The summed E-state index contributed by atoms with van der Waals surface area (Å²) >= 11 is 0. The van der Waals surface area contributed by atoms with E-state index in [2.05, 4.69) is 45.0 Å². The largest absolute Gasteiger partial charge is 0.469 e. The van der Waals surface area contributed by atoms with Gasteiger partial charge in [0.05, 0.1) is 24.0 Å². The molecule has 208 valence electrons. The molecule has 0 N–H and O–H groups in total. The number of carbonyl (C=O) groups is 1. The van der Waals surface area contributed by atoms with Crippen LogP contribution in [0.25, 0.3) is 0 Å². The number of aryl methyl sites for hydroxylation is 1. The number of ether oxygens (including phenoxy) is 1. The molecule has 0 aromatic heterocycles. The van der Waals surface area contributed by atoms with Gasteiger partial charge in [0.2, 0.25) is 0 Å². The molecule has 1 aliphatic carbocycles. The molecule has 0 amide bonds. The van der Waals surface area contributed by atoms with Gasteiger partial charge in [-0.25, -0.2) is 0 Å². The molecule has 39 heavy (non-hydrogen) atoms. The molecule has 8 heteroatoms. The van der Waals surface area contributed by atoms with Crippen LogP contribution >= 0.6 is 0 Å². The Morgan fingerprint density at radius 1 is 0.795 bits per heavy atom. The van der Waals surface area contributed by atoms with Gasteiger partial charge in [-0.05, 0) is 47.3 Å². The summed E-state index contributed by atoms with van der Waals surface area (Å²) in [6.07, 6.45) is -0.104. The minimum atomic E-state index is -4.03. The Hall–Kier alpha value is -2.78. The van der Waals surface area contributed by atoms with Crippen LogP contribution in [0.5, 0.6) is 0 Å². The SMILES string of the molecule is COC(=O)[C@@H]1C[C@H](O[Si](c2ccccc2)(c2ccccc2)C(C)(C)C)C[C@H](OS(=O)(=O)c2ccc(C)cc2)C1. The molecule has 0 bridgehead atoms. The van der Waals surface area contributed by atoms with E-state index in [1.165, 1.54) is 7.11 Å². The van der Waals surface area contributed by atoms with Crippen LogP contribution in [0.4, 0.5) is 0 Å². The lowest BCUT2D eigenvalue weighted by Gasteiger charge is -2.47. The second kappa shape index (κ2) is 11.8. The molecular weight excluding hydrogens is 528 g/mol. The maximum Gasteiger partial charge on any atom is 0.308 e. The van der Waals surface area contributed by atoms with Gasteiger partial charge in [-0.2, -0.15) is 8.42 Å². The Labute approximate surface area is 233 Å². The Morgan fingerprint density at radius 3 is 1.79 bits per heavy atom. The first-order valence-corrected chi connectivity index (χ1v) is 16.6. The van der Waals surface area contributed by atoms with Crippen LogP contribution in [0.15, 0.2) is 89.8 Å². The zero-order valence-electron chi connectivity index (χ0n) is 23.3. The molecule has 3 aromatic rings. The van der Waals surface area contributed by atoms with Gasteiger partial charge in [-0.3, -0.25) is 8.98 Å². The number of rotatable bonds is 8. The van der Waals surface area contributed by atoms with Crippen LogP contribution in [-0.4, -0.2) is 42.0 Å². The van der Waals surface area contributed by atoms with Crippen molar-refractivity contribution in [3.63, 3.8) is 0 Å². The molecule has 1 fully saturated rings. The van der Waals surface area contributed by atoms with Crippen LogP contribution < -0.4 is 10.4 Å². The molecule has 4 rings (SSSR count). The molecule has 3 atom stereocenters. The standard InChI is InChI=1S/C31H38O6SSi/c1-23-16-18-27(19-17-23)38(33,34)36-25-20-24(30(32)35-5)21-26(22-25)37-39(31(2,3)4,28-12-8-6-9-13-28)29-14-10-7-11-15-29/h6-19,24-26H,20-22H2,1-5H3/t24-,25+,26-/m0/s1. The Kier molecular flexibility index (Phi) is 8.81. The first kappa shape index (κ1) is 29.2. The van der Waals surface area contributed by atoms with Gasteiger partial charge in [0.25, 0.3) is 18.4 Å². The summed E-state index contributed by atoms with van der Waals surface area (Å²) in [5, 5.41) is 1.97. The van der Waals surface area contributed by atoms with Gasteiger partial charge >= 0.3 is 5.97 Å². The third kappa shape index (κ3) is 6.35. The van der Waals surface area contributed by atoms with E-state index in [1.807, 2.05) is 43.3 Å². The van der Waals surface area contributed by atoms with Crippen molar-refractivity contribution in [2.75, 3.05) is 7.11 Å². The first-order valence-electron chi connectivity index (χ1n) is 13.3. The smallest absolute Gasteiger partial charge is 0.308 e. The van der Waals surface area contributed by atoms with Gasteiger partial charge in [-0.15, -0.1) is 0 Å². The van der Waals surface area contributed by atoms with E-state index in [0.717, 1.165) is 15.9 Å². The van der Waals surface area contributed by atoms with Crippen LogP contribution in [0.2, 0.25) is 5.04 Å². The highest BCUT2D eigenvalue weighted by molar-refractivity contribution is 7.86. The number of methoxy groups -OCH3 is 1. The lowest BCUT2D eigenvalue weighted by Crippen LogP contribution is -2.68. The van der Waals surface area contributed by atoms with E-state index in [0.29, 0.717) is 12.8 Å². The van der Waals surface area contributed by atoms with Crippen LogP contribution in [0, 0.1) is 12.8 Å². The quantitative estimate of drug-likeness (QED) is 0.217. The number of benzene rings is 3. The third-order valence-electron chi connectivity index (χ3n) is 7.49. The molecule has 0 saturated heterocycles. The number of hydrogen-bond donors (Lipinski definition) is 0. The van der Waals surface area contributed by atoms with Gasteiger partial charge in [-0.1, -0.05) is 99.1 Å². The van der Waals surface area contributed by atoms with E-state index in [4.69, 9.17) is 13.3 Å². The highest BCUT2D eigenvalue weighted by Crippen LogP contribution is 2.41. The summed E-state index contributed by atoms with van der Waals surface area (Å²) in [5.74, 6) is -0.919. The lowest BCUT2D eigenvalue weighted by molar-refractivity contribution is -0.149. The summed E-state index contributed by atoms with van der Waals surface area (Å²) in [6.45, 7) is 8.47. The van der Waals surface area contributed by atoms with Crippen molar-refractivity contribution in [3.8, 4) is 0 Å². The van der Waals surface area contributed by atoms with E-state index in [9.17, 15) is 13.2 Å². The molecule has 0 heterocycles. The summed E-state index contributed by atoms with van der Waals surface area (Å²) in [6, 6.07) is 27.1. The zero-order chi connectivity index (χ0) is 28.3. The normalized spacial score (nSPS) is 20.4. The molecular formula is C31H38O6SSi. The van der Waals surface area contributed by atoms with E-state index in [1.54, 1.807) is 24.3 Å². The fourth-order valence-electron chi connectivity index (χ4n) is 5.63. The molecule has 0 aliphatic heterocycles. The summed E-state index contributed by atoms with van der Waals surface area (Å²) in [7, 11) is -5.60. The highest BCUT2D eigenvalue weighted by Gasteiger charge is 2.52. The van der Waals surface area contributed by atoms with Gasteiger partial charge < -0.3 is 9.16 Å². The van der Waals surface area contributed by atoms with Crippen molar-refractivity contribution < 1.29 is 26.6 Å². The lowest BCUT2D eigenvalue weighted by atomic mass is 9.85. The van der Waals surface area contributed by atoms with E-state index in [-0.39, 0.29) is 22.3 Å². The summed E-state index contributed by atoms with van der Waals surface area (Å²) in [5.41, 5.74) is 0.955. The molecule has 0 spiro atoms. The zero-order valence-corrected chi connectivity index (χ0v) is 25.1. The van der Waals surface area contributed by atoms with E-state index >= 15 is 0 Å². The predicted molar refractivity (Wildman–Crippen MR) is 155 cm³/mol. The topological polar surface area (TPSA) is 78.9 Å². The summed E-state index contributed by atoms with van der Waals surface area (Å²) in [4.78, 5) is 12.9. The van der Waals surface area contributed by atoms with Crippen LogP contribution in [-0.2, 0) is 28.3 Å². The molecule has 0 radical (unpaired) electrons. The van der Waals surface area contributed by atoms with Crippen LogP contribution in [0.1, 0.15) is 45.6 Å². The van der Waals surface area contributed by atoms with Crippen molar-refractivity contribution in [1.29, 1.82) is 0 Å². The molecule has 1 saturated carbocycles. The van der Waals surface area contributed by atoms with Gasteiger partial charge in [0.1, 0.15) is 0 Å². The van der Waals surface area contributed by atoms with Gasteiger partial charge in [0, 0.05) is 12.5 Å². The maximum atomic E-state index is 13.2. The maximum absolute atomic E-state index is 13.2. The Bertz CT molecular complexity index is 1310. The predicted octanol–water partition coefficient (Wildman–Crippen LogP) is 4.99. The van der Waals surface area contributed by atoms with E-state index < -0.39 is 36.6 Å². The second-order valence-electron chi connectivity index (χ2n) is 11.3. The van der Waals surface area contributed by atoms with Crippen molar-refractivity contribution in [3.05, 3.63) is 90.5 Å².